The zero-order valence-corrected chi connectivity index (χ0v) is 13.7. The third kappa shape index (κ3) is 3.63. The first-order valence-corrected chi connectivity index (χ1v) is 7.70. The number of rotatable bonds is 5. The van der Waals surface area contributed by atoms with Gasteiger partial charge < -0.3 is 10.1 Å². The van der Waals surface area contributed by atoms with Crippen LogP contribution < -0.4 is 10.1 Å². The zero-order valence-electron chi connectivity index (χ0n) is 13.7. The minimum absolute atomic E-state index is 0.217. The average molecular weight is 321 g/mol. The Morgan fingerprint density at radius 3 is 2.67 bits per heavy atom. The number of benzene rings is 2. The predicted octanol–water partition coefficient (Wildman–Crippen LogP) is 3.56. The Balaban J connectivity index is 1.78. The van der Waals surface area contributed by atoms with Gasteiger partial charge in [-0.25, -0.2) is 0 Å². The molecule has 122 valence electrons. The molecule has 0 saturated carbocycles. The molecule has 1 aromatic heterocycles. The van der Waals surface area contributed by atoms with Gasteiger partial charge in [0.05, 0.1) is 5.69 Å². The van der Waals surface area contributed by atoms with E-state index in [4.69, 9.17) is 4.74 Å². The highest BCUT2D eigenvalue weighted by Crippen LogP contribution is 2.27. The van der Waals surface area contributed by atoms with Crippen molar-refractivity contribution in [2.45, 2.75) is 13.5 Å². The molecule has 5 heteroatoms. The van der Waals surface area contributed by atoms with Crippen LogP contribution in [0.25, 0.3) is 0 Å². The van der Waals surface area contributed by atoms with Gasteiger partial charge in [0.1, 0.15) is 18.1 Å². The maximum Gasteiger partial charge on any atom is 0.274 e. The Labute approximate surface area is 140 Å². The highest BCUT2D eigenvalue weighted by Gasteiger charge is 2.13. The van der Waals surface area contributed by atoms with Crippen LogP contribution in [0, 0.1) is 6.92 Å². The van der Waals surface area contributed by atoms with E-state index in [-0.39, 0.29) is 5.91 Å². The van der Waals surface area contributed by atoms with Crippen LogP contribution in [0.1, 0.15) is 21.6 Å². The molecule has 0 radical (unpaired) electrons. The van der Waals surface area contributed by atoms with E-state index in [1.165, 1.54) is 4.68 Å². The maximum atomic E-state index is 12.4. The minimum Gasteiger partial charge on any atom is -0.487 e. The van der Waals surface area contributed by atoms with Gasteiger partial charge in [-0.2, -0.15) is 5.10 Å². The molecule has 0 unspecified atom stereocenters. The van der Waals surface area contributed by atoms with Crippen molar-refractivity contribution in [3.05, 3.63) is 77.6 Å². The van der Waals surface area contributed by atoms with Gasteiger partial charge in [-0.3, -0.25) is 9.48 Å². The molecule has 1 heterocycles. The van der Waals surface area contributed by atoms with E-state index < -0.39 is 0 Å². The van der Waals surface area contributed by atoms with E-state index >= 15 is 0 Å². The highest BCUT2D eigenvalue weighted by molar-refractivity contribution is 6.03. The van der Waals surface area contributed by atoms with E-state index in [1.807, 2.05) is 55.5 Å². The Morgan fingerprint density at radius 1 is 1.17 bits per heavy atom. The molecule has 0 saturated heterocycles. The van der Waals surface area contributed by atoms with Crippen LogP contribution in [-0.4, -0.2) is 15.7 Å². The number of nitrogens with zero attached hydrogens (tertiary/aromatic N) is 2. The van der Waals surface area contributed by atoms with Crippen molar-refractivity contribution < 1.29 is 9.53 Å². The van der Waals surface area contributed by atoms with Crippen molar-refractivity contribution in [2.24, 2.45) is 7.05 Å². The van der Waals surface area contributed by atoms with Gasteiger partial charge >= 0.3 is 0 Å². The summed E-state index contributed by atoms with van der Waals surface area (Å²) in [7, 11) is 1.73. The molecule has 0 bridgehead atoms. The van der Waals surface area contributed by atoms with Gasteiger partial charge in [0.15, 0.2) is 0 Å². The van der Waals surface area contributed by atoms with Gasteiger partial charge in [0, 0.05) is 13.2 Å². The second kappa shape index (κ2) is 7.00. The number of ether oxygens (including phenoxy) is 1. The van der Waals surface area contributed by atoms with Crippen LogP contribution in [0.3, 0.4) is 0 Å². The molecule has 0 aliphatic carbocycles. The first-order chi connectivity index (χ1) is 11.6. The van der Waals surface area contributed by atoms with Crippen molar-refractivity contribution >= 4 is 11.6 Å². The molecular weight excluding hydrogens is 302 g/mol. The standard InChI is InChI=1S/C19H19N3O2/c1-14-8-9-18(24-13-15-6-4-3-5-7-15)16(12-14)21-19(23)17-10-11-20-22(17)2/h3-12H,13H2,1-2H3,(H,21,23). The molecule has 0 atom stereocenters. The SMILES string of the molecule is Cc1ccc(OCc2ccccc2)c(NC(=O)c2ccnn2C)c1. The molecule has 3 aromatic rings. The predicted molar refractivity (Wildman–Crippen MR) is 93.1 cm³/mol. The number of carbonyl (C=O) groups excluding carboxylic acids is 1. The van der Waals surface area contributed by atoms with E-state index in [0.29, 0.717) is 23.7 Å². The molecule has 5 nitrogen and oxygen atoms in total. The molecule has 1 amide bonds. The number of aryl methyl sites for hydroxylation is 2. The lowest BCUT2D eigenvalue weighted by atomic mass is 10.2. The van der Waals surface area contributed by atoms with Crippen LogP contribution in [0.15, 0.2) is 60.8 Å². The number of carbonyl (C=O) groups is 1. The molecule has 0 fully saturated rings. The van der Waals surface area contributed by atoms with Gasteiger partial charge in [-0.15, -0.1) is 0 Å². The van der Waals surface area contributed by atoms with Crippen molar-refractivity contribution in [1.29, 1.82) is 0 Å². The third-order valence-corrected chi connectivity index (χ3v) is 3.67. The summed E-state index contributed by atoms with van der Waals surface area (Å²) in [6.07, 6.45) is 1.60. The van der Waals surface area contributed by atoms with Gasteiger partial charge in [-0.05, 0) is 36.2 Å². The average Bonchev–Trinajstić information content (AvgIpc) is 3.01. The van der Waals surface area contributed by atoms with Gasteiger partial charge in [0.2, 0.25) is 0 Å². The van der Waals surface area contributed by atoms with Gasteiger partial charge in [0.25, 0.3) is 5.91 Å². The maximum absolute atomic E-state index is 12.4. The summed E-state index contributed by atoms with van der Waals surface area (Å²) < 4.78 is 7.43. The van der Waals surface area contributed by atoms with Crippen molar-refractivity contribution in [1.82, 2.24) is 9.78 Å². The number of aromatic nitrogens is 2. The van der Waals surface area contributed by atoms with E-state index in [9.17, 15) is 4.79 Å². The Hall–Kier alpha value is -3.08. The monoisotopic (exact) mass is 321 g/mol. The third-order valence-electron chi connectivity index (χ3n) is 3.67. The molecule has 0 aliphatic heterocycles. The molecule has 0 spiro atoms. The van der Waals surface area contributed by atoms with Crippen LogP contribution in [0.4, 0.5) is 5.69 Å². The first kappa shape index (κ1) is 15.8. The fourth-order valence-corrected chi connectivity index (χ4v) is 2.39. The topological polar surface area (TPSA) is 56.1 Å². The summed E-state index contributed by atoms with van der Waals surface area (Å²) in [5, 5.41) is 6.93. The second-order valence-corrected chi connectivity index (χ2v) is 5.57. The van der Waals surface area contributed by atoms with Crippen LogP contribution >= 0.6 is 0 Å². The number of hydrogen-bond donors (Lipinski definition) is 1. The van der Waals surface area contributed by atoms with E-state index in [2.05, 4.69) is 10.4 Å². The van der Waals surface area contributed by atoms with E-state index in [0.717, 1.165) is 11.1 Å². The lowest BCUT2D eigenvalue weighted by Gasteiger charge is -2.13. The van der Waals surface area contributed by atoms with Crippen LogP contribution in [0.5, 0.6) is 5.75 Å². The molecule has 3 rings (SSSR count). The highest BCUT2D eigenvalue weighted by atomic mass is 16.5. The smallest absolute Gasteiger partial charge is 0.274 e. The van der Waals surface area contributed by atoms with Gasteiger partial charge in [-0.1, -0.05) is 36.4 Å². The number of hydrogen-bond acceptors (Lipinski definition) is 3. The summed E-state index contributed by atoms with van der Waals surface area (Å²) in [4.78, 5) is 12.4. The summed E-state index contributed by atoms with van der Waals surface area (Å²) in [5.74, 6) is 0.421. The zero-order chi connectivity index (χ0) is 16.9. The first-order valence-electron chi connectivity index (χ1n) is 7.70. The lowest BCUT2D eigenvalue weighted by molar-refractivity contribution is 0.101. The van der Waals surface area contributed by atoms with E-state index in [1.54, 1.807) is 19.3 Å². The molecule has 24 heavy (non-hydrogen) atoms. The molecular formula is C19H19N3O2. The molecule has 2 aromatic carbocycles. The molecule has 1 N–H and O–H groups in total. The number of amides is 1. The Morgan fingerprint density at radius 2 is 1.96 bits per heavy atom. The quantitative estimate of drug-likeness (QED) is 0.782. The normalized spacial score (nSPS) is 10.4. The fraction of sp³-hybridized carbons (Fsp3) is 0.158. The van der Waals surface area contributed by atoms with Crippen molar-refractivity contribution in [3.63, 3.8) is 0 Å². The van der Waals surface area contributed by atoms with Crippen molar-refractivity contribution in [3.8, 4) is 5.75 Å². The summed E-state index contributed by atoms with van der Waals surface area (Å²) in [6, 6.07) is 17.3. The largest absolute Gasteiger partial charge is 0.487 e. The number of anilines is 1. The summed E-state index contributed by atoms with van der Waals surface area (Å²) >= 11 is 0. The lowest BCUT2D eigenvalue weighted by Crippen LogP contribution is -2.16. The Kier molecular flexibility index (Phi) is 4.61. The fourth-order valence-electron chi connectivity index (χ4n) is 2.39. The summed E-state index contributed by atoms with van der Waals surface area (Å²) in [6.45, 7) is 2.42. The molecule has 0 aliphatic rings. The summed E-state index contributed by atoms with van der Waals surface area (Å²) in [5.41, 5.74) is 3.26. The van der Waals surface area contributed by atoms with Crippen LogP contribution in [-0.2, 0) is 13.7 Å². The minimum atomic E-state index is -0.217. The Bertz CT molecular complexity index is 841. The van der Waals surface area contributed by atoms with Crippen LogP contribution in [0.2, 0.25) is 0 Å². The second-order valence-electron chi connectivity index (χ2n) is 5.57. The number of nitrogens with one attached hydrogen (secondary N) is 1. The van der Waals surface area contributed by atoms with Crippen molar-refractivity contribution in [2.75, 3.05) is 5.32 Å².